The standard InChI is InChI=1S/C36H44ClF2N7O4/c1-35(2,39)28(23-11-6-7-12-24(23)37)30(44-32(47)27-15-17-41-46(27)4)31-42-25-14-13-22(19-26(25)43-31)36(3,20-50-5)34(49)45-29(21-9-8-10-21)33(48)40-18-16-38/h6-7,11-15,17,19,21,28-30H,8-10,16,18,20H2,1-5H3,(H,40,48)(H,42,43)(H,44,47)(H,45,49)/t28?,29-,30?,36?/m1/s1. The predicted molar refractivity (Wildman–Crippen MR) is 186 cm³/mol. The van der Waals surface area contributed by atoms with E-state index in [1.54, 1.807) is 62.5 Å². The molecule has 50 heavy (non-hydrogen) atoms. The van der Waals surface area contributed by atoms with E-state index in [1.807, 2.05) is 0 Å². The molecule has 0 saturated heterocycles. The van der Waals surface area contributed by atoms with E-state index in [-0.39, 0.29) is 30.6 Å². The third-order valence-electron chi connectivity index (χ3n) is 9.60. The lowest BCUT2D eigenvalue weighted by Crippen LogP contribution is -2.57. The average molecular weight is 712 g/mol. The highest BCUT2D eigenvalue weighted by Crippen LogP contribution is 2.44. The predicted octanol–water partition coefficient (Wildman–Crippen LogP) is 5.23. The average Bonchev–Trinajstić information content (AvgIpc) is 3.68. The smallest absolute Gasteiger partial charge is 0.270 e. The first-order valence-corrected chi connectivity index (χ1v) is 17.0. The van der Waals surface area contributed by atoms with Crippen LogP contribution in [-0.4, -0.2) is 76.1 Å². The van der Waals surface area contributed by atoms with E-state index in [4.69, 9.17) is 21.3 Å². The van der Waals surface area contributed by atoms with Gasteiger partial charge in [0.05, 0.1) is 29.1 Å². The summed E-state index contributed by atoms with van der Waals surface area (Å²) < 4.78 is 36.1. The van der Waals surface area contributed by atoms with Crippen LogP contribution in [0.3, 0.4) is 0 Å². The van der Waals surface area contributed by atoms with E-state index in [0.717, 1.165) is 19.3 Å². The number of benzene rings is 2. The van der Waals surface area contributed by atoms with E-state index < -0.39 is 53.5 Å². The Hall–Kier alpha value is -4.36. The van der Waals surface area contributed by atoms with Crippen LogP contribution in [0.4, 0.5) is 8.78 Å². The number of nitrogens with zero attached hydrogens (tertiary/aromatic N) is 3. The fraction of sp³-hybridized carbons (Fsp3) is 0.472. The number of H-pyrrole nitrogens is 1. The number of rotatable bonds is 15. The summed E-state index contributed by atoms with van der Waals surface area (Å²) >= 11 is 6.62. The van der Waals surface area contributed by atoms with Gasteiger partial charge in [-0.2, -0.15) is 5.10 Å². The van der Waals surface area contributed by atoms with Gasteiger partial charge in [-0.1, -0.05) is 42.3 Å². The van der Waals surface area contributed by atoms with Gasteiger partial charge < -0.3 is 25.7 Å². The summed E-state index contributed by atoms with van der Waals surface area (Å²) in [6.07, 6.45) is 4.00. The molecule has 1 aliphatic carbocycles. The van der Waals surface area contributed by atoms with Gasteiger partial charge >= 0.3 is 0 Å². The van der Waals surface area contributed by atoms with E-state index in [9.17, 15) is 18.8 Å². The first kappa shape index (κ1) is 36.9. The number of carbonyl (C=O) groups excluding carboxylic acids is 3. The van der Waals surface area contributed by atoms with Crippen molar-refractivity contribution < 1.29 is 27.9 Å². The van der Waals surface area contributed by atoms with Gasteiger partial charge in [0.25, 0.3) is 5.91 Å². The number of carbonyl (C=O) groups is 3. The van der Waals surface area contributed by atoms with Crippen LogP contribution >= 0.6 is 11.6 Å². The second-order valence-corrected chi connectivity index (χ2v) is 14.0. The molecule has 3 unspecified atom stereocenters. The van der Waals surface area contributed by atoms with Crippen molar-refractivity contribution in [2.24, 2.45) is 13.0 Å². The zero-order chi connectivity index (χ0) is 36.2. The summed E-state index contributed by atoms with van der Waals surface area (Å²) in [4.78, 5) is 48.6. The van der Waals surface area contributed by atoms with Gasteiger partial charge in [0, 0.05) is 37.8 Å². The Morgan fingerprint density at radius 3 is 2.46 bits per heavy atom. The van der Waals surface area contributed by atoms with Crippen molar-refractivity contribution in [3.63, 3.8) is 0 Å². The number of aromatic amines is 1. The third kappa shape index (κ3) is 7.68. The molecule has 4 aromatic rings. The van der Waals surface area contributed by atoms with Crippen LogP contribution in [0.2, 0.25) is 5.02 Å². The Morgan fingerprint density at radius 1 is 1.12 bits per heavy atom. The van der Waals surface area contributed by atoms with Crippen LogP contribution in [-0.2, 0) is 26.8 Å². The second kappa shape index (κ2) is 15.3. The van der Waals surface area contributed by atoms with Gasteiger partial charge in [0.2, 0.25) is 11.8 Å². The molecular formula is C36H44ClF2N7O4. The number of amides is 3. The summed E-state index contributed by atoms with van der Waals surface area (Å²) in [6, 6.07) is 11.9. The molecule has 2 aromatic heterocycles. The Morgan fingerprint density at radius 2 is 1.86 bits per heavy atom. The number of hydrogen-bond acceptors (Lipinski definition) is 6. The Bertz CT molecular complexity index is 1840. The third-order valence-corrected chi connectivity index (χ3v) is 9.95. The number of hydrogen-bond donors (Lipinski definition) is 4. The molecule has 268 valence electrons. The lowest BCUT2D eigenvalue weighted by molar-refractivity contribution is -0.135. The lowest BCUT2D eigenvalue weighted by atomic mass is 9.77. The molecule has 14 heteroatoms. The molecule has 3 amide bonds. The summed E-state index contributed by atoms with van der Waals surface area (Å²) in [6.45, 7) is 3.72. The Labute approximate surface area is 294 Å². The zero-order valence-electron chi connectivity index (χ0n) is 28.9. The van der Waals surface area contributed by atoms with E-state index >= 15 is 4.39 Å². The molecule has 5 rings (SSSR count). The van der Waals surface area contributed by atoms with Crippen molar-refractivity contribution in [3.05, 3.63) is 82.4 Å². The Kier molecular flexibility index (Phi) is 11.3. The summed E-state index contributed by atoms with van der Waals surface area (Å²) in [5.41, 5.74) is -0.774. The topological polar surface area (TPSA) is 143 Å². The number of alkyl halides is 2. The highest BCUT2D eigenvalue weighted by molar-refractivity contribution is 6.31. The van der Waals surface area contributed by atoms with Crippen molar-refractivity contribution >= 4 is 40.4 Å². The maximum atomic E-state index is 16.3. The Balaban J connectivity index is 1.54. The van der Waals surface area contributed by atoms with Crippen LogP contribution in [0.1, 0.15) is 79.4 Å². The summed E-state index contributed by atoms with van der Waals surface area (Å²) in [5.74, 6) is -2.09. The van der Waals surface area contributed by atoms with Crippen LogP contribution < -0.4 is 16.0 Å². The van der Waals surface area contributed by atoms with Gasteiger partial charge in [0.15, 0.2) is 0 Å². The van der Waals surface area contributed by atoms with E-state index in [2.05, 4.69) is 26.0 Å². The fourth-order valence-electron chi connectivity index (χ4n) is 6.63. The van der Waals surface area contributed by atoms with Gasteiger partial charge in [-0.3, -0.25) is 19.1 Å². The molecule has 11 nitrogen and oxygen atoms in total. The zero-order valence-corrected chi connectivity index (χ0v) is 29.6. The van der Waals surface area contributed by atoms with Gasteiger partial charge in [-0.05, 0) is 74.9 Å². The minimum Gasteiger partial charge on any atom is -0.383 e. The molecule has 1 saturated carbocycles. The van der Waals surface area contributed by atoms with Crippen molar-refractivity contribution in [3.8, 4) is 0 Å². The molecular weight excluding hydrogens is 668 g/mol. The van der Waals surface area contributed by atoms with Crippen LogP contribution in [0.25, 0.3) is 11.0 Å². The largest absolute Gasteiger partial charge is 0.383 e. The maximum absolute atomic E-state index is 16.3. The first-order chi connectivity index (χ1) is 23.8. The highest BCUT2D eigenvalue weighted by Gasteiger charge is 2.43. The molecule has 1 aliphatic rings. The number of imidazole rings is 1. The number of halogens is 3. The molecule has 1 fully saturated rings. The molecule has 0 spiro atoms. The number of aromatic nitrogens is 4. The van der Waals surface area contributed by atoms with Crippen molar-refractivity contribution in [2.45, 2.75) is 69.1 Å². The second-order valence-electron chi connectivity index (χ2n) is 13.6. The van der Waals surface area contributed by atoms with Gasteiger partial charge in [-0.15, -0.1) is 0 Å². The van der Waals surface area contributed by atoms with Gasteiger partial charge in [-0.25, -0.2) is 13.8 Å². The van der Waals surface area contributed by atoms with Crippen LogP contribution in [0, 0.1) is 5.92 Å². The minimum absolute atomic E-state index is 0.0111. The number of nitrogens with one attached hydrogen (secondary N) is 4. The first-order valence-electron chi connectivity index (χ1n) is 16.6. The molecule has 4 atom stereocenters. The summed E-state index contributed by atoms with van der Waals surface area (Å²) in [7, 11) is 3.12. The number of fused-ring (bicyclic) bond motifs is 1. The number of methoxy groups -OCH3 is 1. The van der Waals surface area contributed by atoms with Crippen LogP contribution in [0.5, 0.6) is 0 Å². The van der Waals surface area contributed by atoms with Crippen molar-refractivity contribution in [2.75, 3.05) is 26.9 Å². The minimum atomic E-state index is -1.89. The maximum Gasteiger partial charge on any atom is 0.270 e. The van der Waals surface area contributed by atoms with Crippen molar-refractivity contribution in [1.29, 1.82) is 0 Å². The normalized spacial score (nSPS) is 16.6. The molecule has 0 bridgehead atoms. The van der Waals surface area contributed by atoms with Crippen LogP contribution in [0.15, 0.2) is 54.7 Å². The molecule has 2 aromatic carbocycles. The molecule has 2 heterocycles. The molecule has 4 N–H and O–H groups in total. The number of aryl methyl sites for hydroxylation is 1. The highest BCUT2D eigenvalue weighted by atomic mass is 35.5. The SMILES string of the molecule is COCC(C)(C(=O)N[C@@H](C(=O)NCCF)C1CCC1)c1ccc2nc(C(NC(=O)c3ccnn3C)C(c3ccccc3Cl)C(C)(C)F)[nH]c2c1. The monoisotopic (exact) mass is 711 g/mol. The fourth-order valence-corrected chi connectivity index (χ4v) is 6.89. The lowest BCUT2D eigenvalue weighted by Gasteiger charge is -2.36. The van der Waals surface area contributed by atoms with E-state index in [0.29, 0.717) is 27.2 Å². The quantitative estimate of drug-likeness (QED) is 0.133. The summed E-state index contributed by atoms with van der Waals surface area (Å²) in [5, 5.41) is 12.9. The number of ether oxygens (including phenoxy) is 1. The van der Waals surface area contributed by atoms with Gasteiger partial charge in [0.1, 0.15) is 29.9 Å². The molecule has 0 aliphatic heterocycles. The molecule has 0 radical (unpaired) electrons. The van der Waals surface area contributed by atoms with Crippen molar-refractivity contribution in [1.82, 2.24) is 35.7 Å². The van der Waals surface area contributed by atoms with E-state index in [1.165, 1.54) is 31.8 Å².